The summed E-state index contributed by atoms with van der Waals surface area (Å²) in [6, 6.07) is 0.518. The van der Waals surface area contributed by atoms with Crippen molar-refractivity contribution in [1.82, 2.24) is 30.3 Å². The monoisotopic (exact) mass is 419 g/mol. The highest BCUT2D eigenvalue weighted by Gasteiger charge is 2.21. The molecule has 2 aliphatic rings. The number of aryl methyl sites for hydroxylation is 1. The number of nitrogens with one attached hydrogen (secondary N) is 2. The summed E-state index contributed by atoms with van der Waals surface area (Å²) >= 11 is 0. The average Bonchev–Trinajstić information content (AvgIpc) is 3.09. The van der Waals surface area contributed by atoms with E-state index in [0.29, 0.717) is 12.6 Å². The van der Waals surface area contributed by atoms with Gasteiger partial charge < -0.3 is 19.9 Å². The number of rotatable bonds is 9. The van der Waals surface area contributed by atoms with Crippen molar-refractivity contribution in [2.45, 2.75) is 71.4 Å². The van der Waals surface area contributed by atoms with Crippen molar-refractivity contribution < 1.29 is 4.74 Å². The summed E-state index contributed by atoms with van der Waals surface area (Å²) in [6.07, 6.45) is 8.92. The number of ether oxygens (including phenoxy) is 1. The molecule has 0 radical (unpaired) electrons. The van der Waals surface area contributed by atoms with Crippen molar-refractivity contribution >= 4 is 5.96 Å². The van der Waals surface area contributed by atoms with E-state index in [4.69, 9.17) is 9.73 Å². The van der Waals surface area contributed by atoms with Crippen LogP contribution >= 0.6 is 0 Å². The second-order valence-corrected chi connectivity index (χ2v) is 8.77. The van der Waals surface area contributed by atoms with Gasteiger partial charge in [0.2, 0.25) is 0 Å². The summed E-state index contributed by atoms with van der Waals surface area (Å²) in [4.78, 5) is 7.32. The Morgan fingerprint density at radius 3 is 2.60 bits per heavy atom. The SMILES string of the molecule is CCCC1CCC(NC(=NCc2nnc(C)n2C)NCCCN2CCOCC2)CC1. The summed E-state index contributed by atoms with van der Waals surface area (Å²) in [6.45, 7) is 10.7. The maximum atomic E-state index is 5.44. The van der Waals surface area contributed by atoms with Gasteiger partial charge in [0.1, 0.15) is 12.4 Å². The first-order valence-electron chi connectivity index (χ1n) is 11.9. The zero-order chi connectivity index (χ0) is 21.2. The highest BCUT2D eigenvalue weighted by molar-refractivity contribution is 5.80. The number of guanidine groups is 1. The number of aromatic nitrogens is 3. The van der Waals surface area contributed by atoms with Crippen molar-refractivity contribution in [3.05, 3.63) is 11.6 Å². The van der Waals surface area contributed by atoms with Gasteiger partial charge in [-0.3, -0.25) is 4.90 Å². The number of morpholine rings is 1. The fraction of sp³-hybridized carbons (Fsp3) is 0.864. The van der Waals surface area contributed by atoms with E-state index in [0.717, 1.165) is 69.3 Å². The molecule has 1 aromatic heterocycles. The van der Waals surface area contributed by atoms with Crippen LogP contribution in [0.5, 0.6) is 0 Å². The molecule has 2 N–H and O–H groups in total. The molecule has 170 valence electrons. The van der Waals surface area contributed by atoms with Crippen LogP contribution in [-0.4, -0.2) is 71.1 Å². The maximum absolute atomic E-state index is 5.44. The van der Waals surface area contributed by atoms with Crippen LogP contribution in [0.4, 0.5) is 0 Å². The van der Waals surface area contributed by atoms with Gasteiger partial charge in [0, 0.05) is 32.7 Å². The van der Waals surface area contributed by atoms with Crippen molar-refractivity contribution in [1.29, 1.82) is 0 Å². The third-order valence-corrected chi connectivity index (χ3v) is 6.49. The summed E-state index contributed by atoms with van der Waals surface area (Å²) in [7, 11) is 2.00. The molecule has 0 amide bonds. The molecule has 8 nitrogen and oxygen atoms in total. The van der Waals surface area contributed by atoms with Crippen LogP contribution in [0.2, 0.25) is 0 Å². The highest BCUT2D eigenvalue weighted by atomic mass is 16.5. The minimum absolute atomic E-state index is 0.518. The molecule has 0 unspecified atom stereocenters. The van der Waals surface area contributed by atoms with E-state index < -0.39 is 0 Å². The van der Waals surface area contributed by atoms with E-state index in [1.165, 1.54) is 38.5 Å². The first kappa shape index (κ1) is 23.0. The fourth-order valence-electron chi connectivity index (χ4n) is 4.42. The van der Waals surface area contributed by atoms with Crippen molar-refractivity contribution in [2.75, 3.05) is 39.4 Å². The topological polar surface area (TPSA) is 79.6 Å². The Balaban J connectivity index is 1.50. The molecule has 0 atom stereocenters. The molecular weight excluding hydrogens is 378 g/mol. The van der Waals surface area contributed by atoms with Gasteiger partial charge in [0.25, 0.3) is 0 Å². The molecule has 30 heavy (non-hydrogen) atoms. The molecule has 8 heteroatoms. The summed E-state index contributed by atoms with van der Waals surface area (Å²) < 4.78 is 7.45. The number of aliphatic imine (C=N–C) groups is 1. The van der Waals surface area contributed by atoms with Crippen LogP contribution in [0.3, 0.4) is 0 Å². The van der Waals surface area contributed by atoms with Crippen LogP contribution in [0.15, 0.2) is 4.99 Å². The predicted octanol–water partition coefficient (Wildman–Crippen LogP) is 2.24. The Bertz CT molecular complexity index is 646. The molecule has 0 aromatic carbocycles. The first-order valence-corrected chi connectivity index (χ1v) is 11.9. The Kier molecular flexibility index (Phi) is 9.39. The Labute approximate surface area is 181 Å². The minimum atomic E-state index is 0.518. The predicted molar refractivity (Wildman–Crippen MR) is 121 cm³/mol. The van der Waals surface area contributed by atoms with Gasteiger partial charge in [-0.1, -0.05) is 19.8 Å². The van der Waals surface area contributed by atoms with Gasteiger partial charge in [0.15, 0.2) is 11.8 Å². The molecule has 1 aromatic rings. The lowest BCUT2D eigenvalue weighted by atomic mass is 9.83. The minimum Gasteiger partial charge on any atom is -0.379 e. The lowest BCUT2D eigenvalue weighted by Gasteiger charge is -2.30. The molecule has 1 aliphatic heterocycles. The summed E-state index contributed by atoms with van der Waals surface area (Å²) in [5.74, 6) is 3.64. The zero-order valence-electron chi connectivity index (χ0n) is 19.2. The van der Waals surface area contributed by atoms with E-state index >= 15 is 0 Å². The molecule has 2 fully saturated rings. The van der Waals surface area contributed by atoms with Crippen molar-refractivity contribution in [3.8, 4) is 0 Å². The van der Waals surface area contributed by atoms with Gasteiger partial charge in [0.05, 0.1) is 13.2 Å². The first-order chi connectivity index (χ1) is 14.7. The third-order valence-electron chi connectivity index (χ3n) is 6.49. The maximum Gasteiger partial charge on any atom is 0.191 e. The van der Waals surface area contributed by atoms with Crippen molar-refractivity contribution in [3.63, 3.8) is 0 Å². The molecule has 0 bridgehead atoms. The number of nitrogens with zero attached hydrogens (tertiary/aromatic N) is 5. The van der Waals surface area contributed by atoms with Gasteiger partial charge in [-0.2, -0.15) is 0 Å². The lowest BCUT2D eigenvalue weighted by Crippen LogP contribution is -2.46. The molecule has 1 saturated heterocycles. The van der Waals surface area contributed by atoms with E-state index in [1.54, 1.807) is 0 Å². The quantitative estimate of drug-likeness (QED) is 0.363. The smallest absolute Gasteiger partial charge is 0.191 e. The van der Waals surface area contributed by atoms with Crippen LogP contribution in [0, 0.1) is 12.8 Å². The highest BCUT2D eigenvalue weighted by Crippen LogP contribution is 2.27. The van der Waals surface area contributed by atoms with E-state index in [2.05, 4.69) is 32.7 Å². The van der Waals surface area contributed by atoms with Gasteiger partial charge in [-0.25, -0.2) is 4.99 Å². The molecule has 1 saturated carbocycles. The molecule has 0 spiro atoms. The van der Waals surface area contributed by atoms with Crippen LogP contribution < -0.4 is 10.6 Å². The van der Waals surface area contributed by atoms with Crippen molar-refractivity contribution in [2.24, 2.45) is 18.0 Å². The number of hydrogen-bond donors (Lipinski definition) is 2. The van der Waals surface area contributed by atoms with Gasteiger partial charge in [-0.15, -0.1) is 10.2 Å². The Hall–Kier alpha value is -1.67. The average molecular weight is 420 g/mol. The molecular formula is C22H41N7O. The third kappa shape index (κ3) is 7.23. The van der Waals surface area contributed by atoms with Crippen LogP contribution in [-0.2, 0) is 18.3 Å². The van der Waals surface area contributed by atoms with Gasteiger partial charge in [-0.05, 0) is 51.5 Å². The fourth-order valence-corrected chi connectivity index (χ4v) is 4.42. The second-order valence-electron chi connectivity index (χ2n) is 8.77. The molecule has 2 heterocycles. The zero-order valence-corrected chi connectivity index (χ0v) is 19.2. The number of hydrogen-bond acceptors (Lipinski definition) is 5. The van der Waals surface area contributed by atoms with Gasteiger partial charge >= 0.3 is 0 Å². The largest absolute Gasteiger partial charge is 0.379 e. The normalized spacial score (nSPS) is 23.5. The van der Waals surface area contributed by atoms with E-state index in [9.17, 15) is 0 Å². The van der Waals surface area contributed by atoms with Crippen LogP contribution in [0.1, 0.15) is 63.5 Å². The second kappa shape index (κ2) is 12.2. The molecule has 1 aliphatic carbocycles. The summed E-state index contributed by atoms with van der Waals surface area (Å²) in [5, 5.41) is 15.7. The standard InChI is InChI=1S/C22H41N7O/c1-4-6-19-7-9-20(10-8-19)25-22(24-17-21-27-26-18(2)28(21)3)23-11-5-12-29-13-15-30-16-14-29/h19-20H,4-17H2,1-3H3,(H2,23,24,25). The Morgan fingerprint density at radius 2 is 1.93 bits per heavy atom. The Morgan fingerprint density at radius 1 is 1.17 bits per heavy atom. The summed E-state index contributed by atoms with van der Waals surface area (Å²) in [5.41, 5.74) is 0. The lowest BCUT2D eigenvalue weighted by molar-refractivity contribution is 0.0376. The molecule has 3 rings (SSSR count). The van der Waals surface area contributed by atoms with Crippen LogP contribution in [0.25, 0.3) is 0 Å². The van der Waals surface area contributed by atoms with E-state index in [-0.39, 0.29) is 0 Å². The van der Waals surface area contributed by atoms with E-state index in [1.807, 2.05) is 18.5 Å².